The fourth-order valence-electron chi connectivity index (χ4n) is 4.69. The number of benzene rings is 1. The van der Waals surface area contributed by atoms with Crippen LogP contribution in [0.1, 0.15) is 38.2 Å². The van der Waals surface area contributed by atoms with Gasteiger partial charge in [0.05, 0.1) is 18.0 Å². The number of piperidine rings is 1. The van der Waals surface area contributed by atoms with Crippen LogP contribution in [0.25, 0.3) is 0 Å². The molecule has 160 valence electrons. The highest BCUT2D eigenvalue weighted by molar-refractivity contribution is 6.10. The maximum atomic E-state index is 13.3. The Bertz CT molecular complexity index is 830. The number of ether oxygens (including phenoxy) is 1. The number of nitrogens with zero attached hydrogens (tertiary/aromatic N) is 2. The molecular weight excluding hydrogens is 382 g/mol. The number of nitrogens with one attached hydrogen (secondary N) is 1. The van der Waals surface area contributed by atoms with Gasteiger partial charge in [-0.2, -0.15) is 0 Å². The molecule has 0 saturated carbocycles. The van der Waals surface area contributed by atoms with Gasteiger partial charge in [-0.25, -0.2) is 0 Å². The summed E-state index contributed by atoms with van der Waals surface area (Å²) in [4.78, 5) is 41.5. The molecule has 2 atom stereocenters. The minimum absolute atomic E-state index is 0.144. The summed E-state index contributed by atoms with van der Waals surface area (Å²) in [5.41, 5.74) is 0.703. The molecule has 3 aliphatic rings. The normalized spacial score (nSPS) is 25.2. The Labute approximate surface area is 177 Å². The molecule has 2 unspecified atom stereocenters. The second-order valence-electron chi connectivity index (χ2n) is 8.31. The number of carbonyl (C=O) groups is 3. The minimum Gasteiger partial charge on any atom is -0.480 e. The highest BCUT2D eigenvalue weighted by Gasteiger charge is 2.51. The van der Waals surface area contributed by atoms with Crippen molar-refractivity contribution >= 4 is 17.6 Å². The molecular formula is C23H29N3O4. The summed E-state index contributed by atoms with van der Waals surface area (Å²) < 4.78 is 5.17. The van der Waals surface area contributed by atoms with Crippen molar-refractivity contribution in [1.82, 2.24) is 15.1 Å². The lowest BCUT2D eigenvalue weighted by Crippen LogP contribution is -2.60. The molecule has 30 heavy (non-hydrogen) atoms. The summed E-state index contributed by atoms with van der Waals surface area (Å²) in [5, 5.41) is 3.63. The van der Waals surface area contributed by atoms with Crippen molar-refractivity contribution in [2.24, 2.45) is 0 Å². The highest BCUT2D eigenvalue weighted by Crippen LogP contribution is 2.34. The Kier molecular flexibility index (Phi) is 5.90. The molecule has 1 spiro atoms. The van der Waals surface area contributed by atoms with Crippen molar-refractivity contribution in [2.45, 2.75) is 56.8 Å². The van der Waals surface area contributed by atoms with Gasteiger partial charge in [-0.05, 0) is 18.4 Å². The Hall–Kier alpha value is -2.67. The van der Waals surface area contributed by atoms with E-state index in [0.717, 1.165) is 24.9 Å². The summed E-state index contributed by atoms with van der Waals surface area (Å²) in [6.45, 7) is 3.83. The van der Waals surface area contributed by atoms with Crippen LogP contribution in [0, 0.1) is 0 Å². The van der Waals surface area contributed by atoms with Gasteiger partial charge in [0.2, 0.25) is 17.8 Å². The molecule has 2 amide bonds. The van der Waals surface area contributed by atoms with Crippen LogP contribution in [0.3, 0.4) is 0 Å². The largest absolute Gasteiger partial charge is 0.480 e. The molecule has 1 aromatic carbocycles. The van der Waals surface area contributed by atoms with E-state index in [4.69, 9.17) is 4.74 Å². The van der Waals surface area contributed by atoms with Gasteiger partial charge in [0.1, 0.15) is 0 Å². The molecule has 1 N–H and O–H groups in total. The minimum atomic E-state index is -1.04. The van der Waals surface area contributed by atoms with E-state index < -0.39 is 11.8 Å². The van der Waals surface area contributed by atoms with Crippen LogP contribution in [0.4, 0.5) is 0 Å². The standard InChI is InChI=1S/C23H29N3O4/c1-2-3-12-26-21(28)18(16-17-7-5-4-6-8-17)24-23(26)10-13-25(14-11-23)22(29)20-19(27)9-15-30-20/h4-9,15,18,20,24H,2-3,10-14,16H2,1H3. The Morgan fingerprint density at radius 3 is 2.57 bits per heavy atom. The van der Waals surface area contributed by atoms with Gasteiger partial charge in [-0.3, -0.25) is 19.7 Å². The topological polar surface area (TPSA) is 79.0 Å². The van der Waals surface area contributed by atoms with Gasteiger partial charge in [-0.1, -0.05) is 43.7 Å². The number of ketones is 1. The van der Waals surface area contributed by atoms with Crippen molar-refractivity contribution in [2.75, 3.05) is 19.6 Å². The number of hydrogen-bond donors (Lipinski definition) is 1. The lowest BCUT2D eigenvalue weighted by molar-refractivity contribution is -0.147. The van der Waals surface area contributed by atoms with E-state index in [1.54, 1.807) is 4.90 Å². The first kappa shape index (κ1) is 20.6. The maximum absolute atomic E-state index is 13.3. The molecule has 1 aromatic rings. The van der Waals surface area contributed by atoms with Gasteiger partial charge >= 0.3 is 0 Å². The van der Waals surface area contributed by atoms with E-state index >= 15 is 0 Å². The van der Waals surface area contributed by atoms with Crippen molar-refractivity contribution in [3.05, 3.63) is 48.2 Å². The lowest BCUT2D eigenvalue weighted by atomic mass is 9.95. The van der Waals surface area contributed by atoms with Gasteiger partial charge in [0.25, 0.3) is 5.91 Å². The van der Waals surface area contributed by atoms with E-state index in [9.17, 15) is 14.4 Å². The molecule has 4 rings (SSSR count). The van der Waals surface area contributed by atoms with Crippen LogP contribution >= 0.6 is 0 Å². The fourth-order valence-corrected chi connectivity index (χ4v) is 4.69. The zero-order valence-electron chi connectivity index (χ0n) is 17.4. The molecule has 2 saturated heterocycles. The summed E-state index contributed by atoms with van der Waals surface area (Å²) in [6.07, 6.45) is 5.46. The van der Waals surface area contributed by atoms with Crippen molar-refractivity contribution in [3.63, 3.8) is 0 Å². The van der Waals surface area contributed by atoms with Gasteiger partial charge in [0, 0.05) is 38.6 Å². The van der Waals surface area contributed by atoms with Gasteiger partial charge < -0.3 is 14.5 Å². The third-order valence-electron chi connectivity index (χ3n) is 6.37. The molecule has 2 fully saturated rings. The average molecular weight is 412 g/mol. The molecule has 0 radical (unpaired) electrons. The molecule has 7 heteroatoms. The zero-order chi connectivity index (χ0) is 21.1. The first-order chi connectivity index (χ1) is 14.5. The van der Waals surface area contributed by atoms with Crippen LogP contribution in [-0.2, 0) is 25.5 Å². The monoisotopic (exact) mass is 411 g/mol. The highest BCUT2D eigenvalue weighted by atomic mass is 16.5. The SMILES string of the molecule is CCCCN1C(=O)C(Cc2ccccc2)NC12CCN(C(=O)C1OC=CC1=O)CC2. The number of unbranched alkanes of at least 4 members (excludes halogenated alkanes) is 1. The van der Waals surface area contributed by atoms with Crippen molar-refractivity contribution < 1.29 is 19.1 Å². The Balaban J connectivity index is 1.46. The van der Waals surface area contributed by atoms with Crippen LogP contribution in [-0.4, -0.2) is 64.8 Å². The first-order valence-corrected chi connectivity index (χ1v) is 10.8. The smallest absolute Gasteiger partial charge is 0.271 e. The second-order valence-corrected chi connectivity index (χ2v) is 8.31. The lowest BCUT2D eigenvalue weighted by Gasteiger charge is -2.45. The predicted molar refractivity (Wildman–Crippen MR) is 111 cm³/mol. The van der Waals surface area contributed by atoms with Crippen LogP contribution < -0.4 is 5.32 Å². The Morgan fingerprint density at radius 2 is 1.93 bits per heavy atom. The third-order valence-corrected chi connectivity index (χ3v) is 6.37. The molecule has 0 aromatic heterocycles. The zero-order valence-corrected chi connectivity index (χ0v) is 17.4. The van der Waals surface area contributed by atoms with Gasteiger partial charge in [0.15, 0.2) is 0 Å². The van der Waals surface area contributed by atoms with Crippen LogP contribution in [0.2, 0.25) is 0 Å². The van der Waals surface area contributed by atoms with E-state index in [1.807, 2.05) is 35.2 Å². The average Bonchev–Trinajstić information content (AvgIpc) is 3.29. The molecule has 3 aliphatic heterocycles. The Morgan fingerprint density at radius 1 is 1.20 bits per heavy atom. The summed E-state index contributed by atoms with van der Waals surface area (Å²) in [5.74, 6) is -0.447. The van der Waals surface area contributed by atoms with E-state index in [0.29, 0.717) is 32.4 Å². The van der Waals surface area contributed by atoms with Gasteiger partial charge in [-0.15, -0.1) is 0 Å². The number of carbonyl (C=O) groups excluding carboxylic acids is 3. The number of amides is 2. The summed E-state index contributed by atoms with van der Waals surface area (Å²) >= 11 is 0. The number of hydrogen-bond acceptors (Lipinski definition) is 5. The second kappa shape index (κ2) is 8.60. The van der Waals surface area contributed by atoms with Crippen LogP contribution in [0.15, 0.2) is 42.7 Å². The number of rotatable bonds is 6. The maximum Gasteiger partial charge on any atom is 0.271 e. The van der Waals surface area contributed by atoms with E-state index in [-0.39, 0.29) is 23.6 Å². The molecule has 3 heterocycles. The first-order valence-electron chi connectivity index (χ1n) is 10.8. The number of likely N-dealkylation sites (tertiary alicyclic amines) is 1. The third kappa shape index (κ3) is 3.86. The molecule has 0 bridgehead atoms. The summed E-state index contributed by atoms with van der Waals surface area (Å²) in [6, 6.07) is 9.79. The quantitative estimate of drug-likeness (QED) is 0.720. The van der Waals surface area contributed by atoms with E-state index in [1.165, 1.54) is 12.3 Å². The molecule has 7 nitrogen and oxygen atoms in total. The molecule has 0 aliphatic carbocycles. The van der Waals surface area contributed by atoms with Crippen molar-refractivity contribution in [1.29, 1.82) is 0 Å². The van der Waals surface area contributed by atoms with E-state index in [2.05, 4.69) is 12.2 Å². The summed E-state index contributed by atoms with van der Waals surface area (Å²) in [7, 11) is 0. The predicted octanol–water partition coefficient (Wildman–Crippen LogP) is 1.63. The van der Waals surface area contributed by atoms with Crippen molar-refractivity contribution in [3.8, 4) is 0 Å². The van der Waals surface area contributed by atoms with Crippen LogP contribution in [0.5, 0.6) is 0 Å². The fraction of sp³-hybridized carbons (Fsp3) is 0.522.